The van der Waals surface area contributed by atoms with Crippen LogP contribution < -0.4 is 21.7 Å². The van der Waals surface area contributed by atoms with Crippen molar-refractivity contribution in [2.24, 2.45) is 0 Å². The number of hydrogen-bond acceptors (Lipinski definition) is 9. The maximum atomic E-state index is 12.4. The highest BCUT2D eigenvalue weighted by molar-refractivity contribution is 8.00. The van der Waals surface area contributed by atoms with Gasteiger partial charge in [0.25, 0.3) is 0 Å². The molecule has 0 spiro atoms. The predicted molar refractivity (Wildman–Crippen MR) is 102 cm³/mol. The molecule has 2 aromatic rings. The van der Waals surface area contributed by atoms with Crippen LogP contribution in [0.25, 0.3) is 0 Å². The van der Waals surface area contributed by atoms with Crippen LogP contribution in [0, 0.1) is 0 Å². The molecule has 1 aliphatic heterocycles. The number of thioether (sulfide) groups is 1. The van der Waals surface area contributed by atoms with E-state index >= 15 is 0 Å². The number of nitrogens with two attached hydrogens (primary N) is 2. The predicted octanol–water partition coefficient (Wildman–Crippen LogP) is 0.992. The molecular weight excluding hydrogens is 354 g/mol. The average molecular weight is 375 g/mol. The summed E-state index contributed by atoms with van der Waals surface area (Å²) in [5.41, 5.74) is 12.9. The van der Waals surface area contributed by atoms with E-state index in [2.05, 4.69) is 25.2 Å². The molecule has 0 bridgehead atoms. The van der Waals surface area contributed by atoms with Gasteiger partial charge in [-0.05, 0) is 31.2 Å². The van der Waals surface area contributed by atoms with E-state index in [1.807, 2.05) is 24.3 Å². The molecule has 0 radical (unpaired) electrons. The number of rotatable bonds is 5. The number of amides is 1. The normalized spacial score (nSPS) is 15.5. The lowest BCUT2D eigenvalue weighted by Crippen LogP contribution is -2.36. The molecule has 1 atom stereocenters. The molecule has 3 rings (SSSR count). The number of carbonyl (C=O) groups is 1. The summed E-state index contributed by atoms with van der Waals surface area (Å²) in [6.07, 6.45) is 0. The van der Waals surface area contributed by atoms with Crippen molar-refractivity contribution in [3.63, 3.8) is 0 Å². The lowest BCUT2D eigenvalue weighted by molar-refractivity contribution is -0.115. The molecule has 1 fully saturated rings. The maximum absolute atomic E-state index is 12.4. The molecule has 9 nitrogen and oxygen atoms in total. The second kappa shape index (κ2) is 8.19. The molecule has 5 N–H and O–H groups in total. The molecule has 1 aromatic heterocycles. The van der Waals surface area contributed by atoms with Gasteiger partial charge in [-0.1, -0.05) is 11.8 Å². The molecule has 1 unspecified atom stereocenters. The van der Waals surface area contributed by atoms with Gasteiger partial charge in [-0.2, -0.15) is 15.0 Å². The number of morpholine rings is 1. The zero-order valence-corrected chi connectivity index (χ0v) is 15.2. The summed E-state index contributed by atoms with van der Waals surface area (Å²) in [7, 11) is 0. The van der Waals surface area contributed by atoms with Crippen LogP contribution in [-0.4, -0.2) is 52.4 Å². The fraction of sp³-hybridized carbons (Fsp3) is 0.375. The topological polar surface area (TPSA) is 132 Å². The average Bonchev–Trinajstić information content (AvgIpc) is 2.62. The second-order valence-electron chi connectivity index (χ2n) is 5.73. The second-order valence-corrected chi connectivity index (χ2v) is 7.04. The first-order valence-corrected chi connectivity index (χ1v) is 9.06. The minimum atomic E-state index is -0.421. The van der Waals surface area contributed by atoms with Gasteiger partial charge >= 0.3 is 0 Å². The monoisotopic (exact) mass is 375 g/mol. The van der Waals surface area contributed by atoms with Crippen LogP contribution in [-0.2, 0) is 9.53 Å². The minimum Gasteiger partial charge on any atom is -0.378 e. The van der Waals surface area contributed by atoms with Gasteiger partial charge in [0.15, 0.2) is 5.16 Å². The summed E-state index contributed by atoms with van der Waals surface area (Å²) in [5, 5.41) is 2.78. The number of carbonyl (C=O) groups excluding carboxylic acids is 1. The summed E-state index contributed by atoms with van der Waals surface area (Å²) in [6, 6.07) is 7.76. The maximum Gasteiger partial charge on any atom is 0.237 e. The third-order valence-corrected chi connectivity index (χ3v) is 4.77. The third kappa shape index (κ3) is 4.73. The first-order chi connectivity index (χ1) is 12.5. The first-order valence-electron chi connectivity index (χ1n) is 8.18. The molecule has 10 heteroatoms. The van der Waals surface area contributed by atoms with E-state index in [9.17, 15) is 4.79 Å². The highest BCUT2D eigenvalue weighted by Crippen LogP contribution is 2.23. The number of nitrogen functional groups attached to an aromatic ring is 2. The van der Waals surface area contributed by atoms with Crippen molar-refractivity contribution in [3.05, 3.63) is 24.3 Å². The van der Waals surface area contributed by atoms with Crippen LogP contribution in [0.1, 0.15) is 6.92 Å². The van der Waals surface area contributed by atoms with E-state index in [1.165, 1.54) is 11.8 Å². The zero-order valence-electron chi connectivity index (χ0n) is 14.4. The Kier molecular flexibility index (Phi) is 5.74. The Morgan fingerprint density at radius 3 is 2.38 bits per heavy atom. The van der Waals surface area contributed by atoms with Gasteiger partial charge in [-0.15, -0.1) is 0 Å². The van der Waals surface area contributed by atoms with Gasteiger partial charge in [0.05, 0.1) is 18.5 Å². The third-order valence-electron chi connectivity index (χ3n) is 3.81. The highest BCUT2D eigenvalue weighted by Gasteiger charge is 2.17. The molecule has 26 heavy (non-hydrogen) atoms. The van der Waals surface area contributed by atoms with Crippen molar-refractivity contribution in [2.75, 3.05) is 48.0 Å². The van der Waals surface area contributed by atoms with Crippen molar-refractivity contribution < 1.29 is 9.53 Å². The van der Waals surface area contributed by atoms with Gasteiger partial charge in [-0.3, -0.25) is 4.79 Å². The lowest BCUT2D eigenvalue weighted by atomic mass is 10.2. The quantitative estimate of drug-likeness (QED) is 0.654. The molecule has 1 aromatic carbocycles. The Bertz CT molecular complexity index is 745. The lowest BCUT2D eigenvalue weighted by Gasteiger charge is -2.28. The Morgan fingerprint density at radius 2 is 1.77 bits per heavy atom. The summed E-state index contributed by atoms with van der Waals surface area (Å²) in [5.74, 6) is -0.0932. The van der Waals surface area contributed by atoms with Crippen molar-refractivity contribution in [1.82, 2.24) is 15.0 Å². The van der Waals surface area contributed by atoms with E-state index in [4.69, 9.17) is 16.2 Å². The largest absolute Gasteiger partial charge is 0.378 e. The number of nitrogens with one attached hydrogen (secondary N) is 1. The number of hydrogen-bond donors (Lipinski definition) is 3. The van der Waals surface area contributed by atoms with Crippen molar-refractivity contribution in [2.45, 2.75) is 17.3 Å². The molecule has 1 amide bonds. The summed E-state index contributed by atoms with van der Waals surface area (Å²) >= 11 is 1.17. The summed E-state index contributed by atoms with van der Waals surface area (Å²) in [4.78, 5) is 26.3. The Balaban J connectivity index is 1.58. The first kappa shape index (κ1) is 18.2. The van der Waals surface area contributed by atoms with E-state index in [-0.39, 0.29) is 17.8 Å². The molecule has 0 aliphatic carbocycles. The minimum absolute atomic E-state index is 0.0336. The van der Waals surface area contributed by atoms with Crippen LogP contribution in [0.3, 0.4) is 0 Å². The van der Waals surface area contributed by atoms with Crippen LogP contribution in [0.5, 0.6) is 0 Å². The van der Waals surface area contributed by atoms with E-state index in [0.29, 0.717) is 5.16 Å². The Morgan fingerprint density at radius 1 is 1.15 bits per heavy atom. The number of aromatic nitrogens is 3. The number of ether oxygens (including phenoxy) is 1. The Labute approximate surface area is 155 Å². The molecule has 2 heterocycles. The standard InChI is InChI=1S/C16H21N7O2S/c1-10(26-16-21-14(17)20-15(18)22-16)13(24)19-11-2-4-12(5-3-11)23-6-8-25-9-7-23/h2-5,10H,6-9H2,1H3,(H,19,24)(H4,17,18,20,21,22). The van der Waals surface area contributed by atoms with Gasteiger partial charge in [0.1, 0.15) is 0 Å². The van der Waals surface area contributed by atoms with Gasteiger partial charge in [-0.25, -0.2) is 0 Å². The summed E-state index contributed by atoms with van der Waals surface area (Å²) in [6.45, 7) is 4.98. The van der Waals surface area contributed by atoms with Crippen LogP contribution in [0.15, 0.2) is 29.4 Å². The zero-order chi connectivity index (χ0) is 18.5. The molecule has 0 saturated carbocycles. The van der Waals surface area contributed by atoms with E-state index in [0.717, 1.165) is 37.7 Å². The van der Waals surface area contributed by atoms with Gasteiger partial charge in [0, 0.05) is 24.5 Å². The van der Waals surface area contributed by atoms with Crippen LogP contribution in [0.2, 0.25) is 0 Å². The number of benzene rings is 1. The molecule has 138 valence electrons. The molecular formula is C16H21N7O2S. The highest BCUT2D eigenvalue weighted by atomic mass is 32.2. The fourth-order valence-electron chi connectivity index (χ4n) is 2.47. The van der Waals surface area contributed by atoms with E-state index < -0.39 is 5.25 Å². The van der Waals surface area contributed by atoms with Crippen LogP contribution >= 0.6 is 11.8 Å². The number of nitrogens with zero attached hydrogens (tertiary/aromatic N) is 4. The van der Waals surface area contributed by atoms with E-state index in [1.54, 1.807) is 6.92 Å². The van der Waals surface area contributed by atoms with Crippen LogP contribution in [0.4, 0.5) is 23.3 Å². The SMILES string of the molecule is CC(Sc1nc(N)nc(N)n1)C(=O)Nc1ccc(N2CCOCC2)cc1. The fourth-order valence-corrected chi connectivity index (χ4v) is 3.25. The van der Waals surface area contributed by atoms with Crippen molar-refractivity contribution in [3.8, 4) is 0 Å². The molecule has 1 saturated heterocycles. The number of anilines is 4. The van der Waals surface area contributed by atoms with Crippen molar-refractivity contribution >= 4 is 40.9 Å². The smallest absolute Gasteiger partial charge is 0.237 e. The van der Waals surface area contributed by atoms with Gasteiger partial charge in [0.2, 0.25) is 17.8 Å². The van der Waals surface area contributed by atoms with Gasteiger partial charge < -0.3 is 26.4 Å². The summed E-state index contributed by atoms with van der Waals surface area (Å²) < 4.78 is 5.36. The molecule has 1 aliphatic rings. The Hall–Kier alpha value is -2.59. The van der Waals surface area contributed by atoms with Crippen molar-refractivity contribution in [1.29, 1.82) is 0 Å².